The fourth-order valence-electron chi connectivity index (χ4n) is 1.86. The molecule has 0 radical (unpaired) electrons. The van der Waals surface area contributed by atoms with Gasteiger partial charge >= 0.3 is 0 Å². The predicted octanol–water partition coefficient (Wildman–Crippen LogP) is 0.855. The average molecular weight is 316 g/mol. The Balaban J connectivity index is 2.89. The SMILES string of the molecule is CCN(CCCO)S(=O)(=O)Cc1cccc(C(N)=S)c1. The van der Waals surface area contributed by atoms with Gasteiger partial charge in [0.15, 0.2) is 0 Å². The number of nitrogens with zero attached hydrogens (tertiary/aromatic N) is 1. The third kappa shape index (κ3) is 4.82. The van der Waals surface area contributed by atoms with E-state index in [1.807, 2.05) is 0 Å². The van der Waals surface area contributed by atoms with Gasteiger partial charge in [0.25, 0.3) is 0 Å². The number of benzene rings is 1. The Labute approximate surface area is 125 Å². The fraction of sp³-hybridized carbons (Fsp3) is 0.462. The second kappa shape index (κ2) is 7.68. The van der Waals surface area contributed by atoms with Crippen molar-refractivity contribution in [2.45, 2.75) is 19.1 Å². The van der Waals surface area contributed by atoms with Crippen LogP contribution in [0.2, 0.25) is 0 Å². The van der Waals surface area contributed by atoms with Gasteiger partial charge in [0.1, 0.15) is 4.99 Å². The van der Waals surface area contributed by atoms with Crippen LogP contribution in [0, 0.1) is 0 Å². The summed E-state index contributed by atoms with van der Waals surface area (Å²) in [5.74, 6) is -0.0945. The zero-order valence-corrected chi connectivity index (χ0v) is 13.1. The van der Waals surface area contributed by atoms with Crippen LogP contribution in [0.4, 0.5) is 0 Å². The van der Waals surface area contributed by atoms with Crippen molar-refractivity contribution < 1.29 is 13.5 Å². The van der Waals surface area contributed by atoms with Gasteiger partial charge in [-0.15, -0.1) is 0 Å². The molecule has 0 saturated carbocycles. The fourth-order valence-corrected chi connectivity index (χ4v) is 3.57. The van der Waals surface area contributed by atoms with Crippen LogP contribution in [0.3, 0.4) is 0 Å². The van der Waals surface area contributed by atoms with E-state index in [-0.39, 0.29) is 17.3 Å². The first kappa shape index (κ1) is 17.0. The van der Waals surface area contributed by atoms with Crippen LogP contribution >= 0.6 is 12.2 Å². The predicted molar refractivity (Wildman–Crippen MR) is 83.9 cm³/mol. The van der Waals surface area contributed by atoms with E-state index in [2.05, 4.69) is 0 Å². The summed E-state index contributed by atoms with van der Waals surface area (Å²) < 4.78 is 26.0. The molecule has 0 heterocycles. The molecule has 0 fully saturated rings. The van der Waals surface area contributed by atoms with Gasteiger partial charge in [-0.1, -0.05) is 37.3 Å². The molecule has 0 atom stereocenters. The van der Waals surface area contributed by atoms with Gasteiger partial charge in [0.2, 0.25) is 10.0 Å². The molecular weight excluding hydrogens is 296 g/mol. The number of hydrogen-bond acceptors (Lipinski definition) is 4. The van der Waals surface area contributed by atoms with Crippen molar-refractivity contribution >= 4 is 27.2 Å². The average Bonchev–Trinajstić information content (AvgIpc) is 2.39. The highest BCUT2D eigenvalue weighted by Gasteiger charge is 2.20. The standard InChI is InChI=1S/C13H20N2O3S2/c1-2-15(7-4-8-16)20(17,18)10-11-5-3-6-12(9-11)13(14)19/h3,5-6,9,16H,2,4,7-8,10H2,1H3,(H2,14,19). The maximum Gasteiger partial charge on any atom is 0.218 e. The highest BCUT2D eigenvalue weighted by molar-refractivity contribution is 7.88. The molecule has 0 aliphatic carbocycles. The zero-order chi connectivity index (χ0) is 15.2. The van der Waals surface area contributed by atoms with Crippen molar-refractivity contribution in [2.24, 2.45) is 5.73 Å². The number of rotatable bonds is 8. The van der Waals surface area contributed by atoms with Crippen molar-refractivity contribution in [3.05, 3.63) is 35.4 Å². The lowest BCUT2D eigenvalue weighted by Crippen LogP contribution is -2.33. The first-order valence-electron chi connectivity index (χ1n) is 6.38. The largest absolute Gasteiger partial charge is 0.396 e. The first-order chi connectivity index (χ1) is 9.40. The molecular formula is C13H20N2O3S2. The smallest absolute Gasteiger partial charge is 0.218 e. The number of aliphatic hydroxyl groups is 1. The van der Waals surface area contributed by atoms with Crippen LogP contribution in [-0.2, 0) is 15.8 Å². The highest BCUT2D eigenvalue weighted by Crippen LogP contribution is 2.13. The Morgan fingerprint density at radius 3 is 2.70 bits per heavy atom. The Morgan fingerprint density at radius 2 is 2.15 bits per heavy atom. The van der Waals surface area contributed by atoms with Crippen LogP contribution in [0.1, 0.15) is 24.5 Å². The Bertz CT molecular complexity index is 558. The molecule has 1 rings (SSSR count). The summed E-state index contributed by atoms with van der Waals surface area (Å²) in [6.07, 6.45) is 0.431. The molecule has 1 aromatic rings. The van der Waals surface area contributed by atoms with Gasteiger partial charge in [-0.3, -0.25) is 0 Å². The molecule has 7 heteroatoms. The van der Waals surface area contributed by atoms with E-state index in [0.29, 0.717) is 30.6 Å². The van der Waals surface area contributed by atoms with E-state index < -0.39 is 10.0 Å². The lowest BCUT2D eigenvalue weighted by Gasteiger charge is -2.20. The minimum atomic E-state index is -3.40. The van der Waals surface area contributed by atoms with Crippen LogP contribution in [0.5, 0.6) is 0 Å². The van der Waals surface area contributed by atoms with E-state index >= 15 is 0 Å². The third-order valence-corrected chi connectivity index (χ3v) is 5.03. The summed E-state index contributed by atoms with van der Waals surface area (Å²) in [5.41, 5.74) is 6.85. The van der Waals surface area contributed by atoms with Crippen molar-refractivity contribution in [3.63, 3.8) is 0 Å². The summed E-state index contributed by atoms with van der Waals surface area (Å²) >= 11 is 4.88. The van der Waals surface area contributed by atoms with Gasteiger partial charge in [0.05, 0.1) is 5.75 Å². The van der Waals surface area contributed by atoms with Crippen molar-refractivity contribution in [3.8, 4) is 0 Å². The minimum absolute atomic E-state index is 0.0249. The molecule has 0 spiro atoms. The van der Waals surface area contributed by atoms with Crippen molar-refractivity contribution in [1.82, 2.24) is 4.31 Å². The third-order valence-electron chi connectivity index (χ3n) is 2.87. The molecule has 5 nitrogen and oxygen atoms in total. The lowest BCUT2D eigenvalue weighted by atomic mass is 10.1. The topological polar surface area (TPSA) is 83.6 Å². The molecule has 0 aromatic heterocycles. The van der Waals surface area contributed by atoms with Gasteiger partial charge < -0.3 is 10.8 Å². The molecule has 3 N–H and O–H groups in total. The highest BCUT2D eigenvalue weighted by atomic mass is 32.2. The summed E-state index contributed by atoms with van der Waals surface area (Å²) in [7, 11) is -3.40. The van der Waals surface area contributed by atoms with E-state index in [4.69, 9.17) is 23.1 Å². The summed E-state index contributed by atoms with van der Waals surface area (Å²) in [6, 6.07) is 6.92. The second-order valence-corrected chi connectivity index (χ2v) is 6.80. The molecule has 112 valence electrons. The summed E-state index contributed by atoms with van der Waals surface area (Å²) in [4.78, 5) is 0.247. The molecule has 1 aromatic carbocycles. The number of nitrogens with two attached hydrogens (primary N) is 1. The monoisotopic (exact) mass is 316 g/mol. The minimum Gasteiger partial charge on any atom is -0.396 e. The maximum atomic E-state index is 12.3. The van der Waals surface area contributed by atoms with Gasteiger partial charge in [0, 0.05) is 25.3 Å². The molecule has 0 unspecified atom stereocenters. The second-order valence-electron chi connectivity index (χ2n) is 4.39. The van der Waals surface area contributed by atoms with E-state index in [1.165, 1.54) is 4.31 Å². The van der Waals surface area contributed by atoms with Crippen LogP contribution in [0.15, 0.2) is 24.3 Å². The lowest BCUT2D eigenvalue weighted by molar-refractivity contribution is 0.271. The number of aliphatic hydroxyl groups excluding tert-OH is 1. The van der Waals surface area contributed by atoms with E-state index in [1.54, 1.807) is 31.2 Å². The number of hydrogen-bond donors (Lipinski definition) is 2. The molecule has 0 aliphatic rings. The molecule has 0 bridgehead atoms. The van der Waals surface area contributed by atoms with Crippen molar-refractivity contribution in [2.75, 3.05) is 19.7 Å². The van der Waals surface area contributed by atoms with Crippen LogP contribution in [-0.4, -0.2) is 42.5 Å². The van der Waals surface area contributed by atoms with Crippen molar-refractivity contribution in [1.29, 1.82) is 0 Å². The molecule has 0 saturated heterocycles. The van der Waals surface area contributed by atoms with E-state index in [9.17, 15) is 8.42 Å². The van der Waals surface area contributed by atoms with Crippen LogP contribution < -0.4 is 5.73 Å². The number of thiocarbonyl (C=S) groups is 1. The summed E-state index contributed by atoms with van der Waals surface area (Å²) in [5, 5.41) is 8.81. The molecule has 0 amide bonds. The Hall–Kier alpha value is -1.02. The Kier molecular flexibility index (Phi) is 6.54. The van der Waals surface area contributed by atoms with Crippen LogP contribution in [0.25, 0.3) is 0 Å². The number of sulfonamides is 1. The van der Waals surface area contributed by atoms with Gasteiger partial charge in [-0.25, -0.2) is 12.7 Å². The van der Waals surface area contributed by atoms with Gasteiger partial charge in [-0.2, -0.15) is 0 Å². The first-order valence-corrected chi connectivity index (χ1v) is 8.40. The normalized spacial score (nSPS) is 11.8. The van der Waals surface area contributed by atoms with E-state index in [0.717, 1.165) is 0 Å². The molecule has 0 aliphatic heterocycles. The quantitative estimate of drug-likeness (QED) is 0.695. The van der Waals surface area contributed by atoms with Gasteiger partial charge in [-0.05, 0) is 18.1 Å². The maximum absolute atomic E-state index is 12.3. The zero-order valence-electron chi connectivity index (χ0n) is 11.4. The Morgan fingerprint density at radius 1 is 1.45 bits per heavy atom. The summed E-state index contributed by atoms with van der Waals surface area (Å²) in [6.45, 7) is 2.46. The molecule has 20 heavy (non-hydrogen) atoms.